The first kappa shape index (κ1) is 13.9. The van der Waals surface area contributed by atoms with Crippen molar-refractivity contribution in [3.8, 4) is 0 Å². The van der Waals surface area contributed by atoms with Crippen molar-refractivity contribution in [3.63, 3.8) is 0 Å². The molecule has 1 N–H and O–H groups in total. The van der Waals surface area contributed by atoms with Crippen molar-refractivity contribution in [1.29, 1.82) is 0 Å². The van der Waals surface area contributed by atoms with Gasteiger partial charge in [-0.1, -0.05) is 31.5 Å². The van der Waals surface area contributed by atoms with Crippen LogP contribution in [0.2, 0.25) is 0 Å². The van der Waals surface area contributed by atoms with Gasteiger partial charge in [0.25, 0.3) is 0 Å². The maximum atomic E-state index is 11.7. The van der Waals surface area contributed by atoms with Crippen LogP contribution < -0.4 is 5.30 Å². The fourth-order valence-electron chi connectivity index (χ4n) is 1.16. The van der Waals surface area contributed by atoms with Crippen LogP contribution in [0.1, 0.15) is 19.8 Å². The molecule has 1 aromatic carbocycles. The van der Waals surface area contributed by atoms with Gasteiger partial charge in [0.1, 0.15) is 0 Å². The minimum Gasteiger partial charge on any atom is -0.341 e. The molecular formula is C10H15FeO2P. The predicted molar refractivity (Wildman–Crippen MR) is 55.7 cm³/mol. The van der Waals surface area contributed by atoms with Gasteiger partial charge in [-0.15, -0.1) is 0 Å². The largest absolute Gasteiger partial charge is 0.341 e. The van der Waals surface area contributed by atoms with Crippen LogP contribution in [0.25, 0.3) is 0 Å². The molecule has 14 heavy (non-hydrogen) atoms. The molecule has 80 valence electrons. The van der Waals surface area contributed by atoms with Crippen LogP contribution >= 0.6 is 7.37 Å². The van der Waals surface area contributed by atoms with Gasteiger partial charge in [-0.25, -0.2) is 0 Å². The molecule has 0 amide bonds. The fourth-order valence-corrected chi connectivity index (χ4v) is 2.80. The van der Waals surface area contributed by atoms with Crippen molar-refractivity contribution in [2.24, 2.45) is 0 Å². The standard InChI is InChI=1S/C10H15O2P.Fe/c1-2-3-9-13(11,12)10-7-5-4-6-8-10;/h4-8H,2-3,9H2,1H3,(H,11,12);. The summed E-state index contributed by atoms with van der Waals surface area (Å²) in [6, 6.07) is 8.88. The summed E-state index contributed by atoms with van der Waals surface area (Å²) in [7, 11) is -3.06. The summed E-state index contributed by atoms with van der Waals surface area (Å²) >= 11 is 0. The van der Waals surface area contributed by atoms with Gasteiger partial charge in [0.2, 0.25) is 7.37 Å². The fraction of sp³-hybridized carbons (Fsp3) is 0.400. The van der Waals surface area contributed by atoms with Gasteiger partial charge in [0, 0.05) is 28.5 Å². The monoisotopic (exact) mass is 254 g/mol. The molecular weight excluding hydrogens is 239 g/mol. The Morgan fingerprint density at radius 1 is 1.29 bits per heavy atom. The van der Waals surface area contributed by atoms with E-state index >= 15 is 0 Å². The summed E-state index contributed by atoms with van der Waals surface area (Å²) in [6.07, 6.45) is 2.16. The van der Waals surface area contributed by atoms with Crippen molar-refractivity contribution in [2.45, 2.75) is 19.8 Å². The molecule has 0 aliphatic rings. The summed E-state index contributed by atoms with van der Waals surface area (Å²) in [5.41, 5.74) is 0. The Hall–Kier alpha value is -0.0705. The zero-order valence-corrected chi connectivity index (χ0v) is 10.2. The number of unbranched alkanes of at least 4 members (excludes halogenated alkanes) is 1. The first-order valence-corrected chi connectivity index (χ1v) is 6.39. The molecule has 0 aliphatic heterocycles. The number of rotatable bonds is 4. The minimum absolute atomic E-state index is 0. The zero-order valence-electron chi connectivity index (χ0n) is 8.16. The van der Waals surface area contributed by atoms with Crippen molar-refractivity contribution >= 4 is 12.7 Å². The molecule has 0 aromatic heterocycles. The maximum absolute atomic E-state index is 11.7. The van der Waals surface area contributed by atoms with E-state index in [1.165, 1.54) is 0 Å². The van der Waals surface area contributed by atoms with E-state index in [2.05, 4.69) is 0 Å². The Balaban J connectivity index is 0.00000169. The van der Waals surface area contributed by atoms with Gasteiger partial charge in [-0.05, 0) is 18.6 Å². The minimum atomic E-state index is -3.06. The van der Waals surface area contributed by atoms with Crippen molar-refractivity contribution in [3.05, 3.63) is 30.3 Å². The quantitative estimate of drug-likeness (QED) is 0.661. The summed E-state index contributed by atoms with van der Waals surface area (Å²) in [4.78, 5) is 9.67. The molecule has 0 fully saturated rings. The van der Waals surface area contributed by atoms with E-state index in [9.17, 15) is 9.46 Å². The van der Waals surface area contributed by atoms with Gasteiger partial charge in [-0.2, -0.15) is 0 Å². The number of benzene rings is 1. The smallest absolute Gasteiger partial charge is 0.229 e. The first-order valence-electron chi connectivity index (χ1n) is 4.54. The molecule has 4 heteroatoms. The first-order chi connectivity index (χ1) is 6.17. The van der Waals surface area contributed by atoms with Gasteiger partial charge < -0.3 is 4.89 Å². The van der Waals surface area contributed by atoms with Crippen LogP contribution in [0.3, 0.4) is 0 Å². The molecule has 1 rings (SSSR count). The second-order valence-electron chi connectivity index (χ2n) is 3.11. The van der Waals surface area contributed by atoms with E-state index in [1.807, 2.05) is 13.0 Å². The van der Waals surface area contributed by atoms with Crippen LogP contribution in [0.5, 0.6) is 0 Å². The summed E-state index contributed by atoms with van der Waals surface area (Å²) in [5, 5.41) is 0.573. The van der Waals surface area contributed by atoms with E-state index < -0.39 is 7.37 Å². The van der Waals surface area contributed by atoms with E-state index in [-0.39, 0.29) is 17.1 Å². The van der Waals surface area contributed by atoms with Gasteiger partial charge >= 0.3 is 0 Å². The number of hydrogen-bond acceptors (Lipinski definition) is 1. The normalized spacial score (nSPS) is 14.1. The summed E-state index contributed by atoms with van der Waals surface area (Å²) in [6.45, 7) is 2.02. The SMILES string of the molecule is CCCCP(=O)(O)c1ccccc1.[Fe]. The maximum Gasteiger partial charge on any atom is 0.229 e. The van der Waals surface area contributed by atoms with Crippen LogP contribution in [0.4, 0.5) is 0 Å². The predicted octanol–water partition coefficient (Wildman–Crippen LogP) is 2.38. The molecule has 0 heterocycles. The van der Waals surface area contributed by atoms with Crippen LogP contribution in [-0.4, -0.2) is 11.1 Å². The summed E-state index contributed by atoms with van der Waals surface area (Å²) < 4.78 is 11.7. The van der Waals surface area contributed by atoms with Gasteiger partial charge in [0.05, 0.1) is 0 Å². The second kappa shape index (κ2) is 6.42. The van der Waals surface area contributed by atoms with Crippen molar-refractivity contribution in [2.75, 3.05) is 6.16 Å². The topological polar surface area (TPSA) is 37.3 Å². The Kier molecular flexibility index (Phi) is 6.39. The molecule has 0 spiro atoms. The van der Waals surface area contributed by atoms with Crippen LogP contribution in [-0.2, 0) is 21.6 Å². The molecule has 2 nitrogen and oxygen atoms in total. The Bertz CT molecular complexity index is 300. The van der Waals surface area contributed by atoms with Gasteiger partial charge in [-0.3, -0.25) is 4.57 Å². The summed E-state index contributed by atoms with van der Waals surface area (Å²) in [5.74, 6) is 0. The van der Waals surface area contributed by atoms with Crippen molar-refractivity contribution < 1.29 is 26.5 Å². The van der Waals surface area contributed by atoms with E-state index in [1.54, 1.807) is 24.3 Å². The molecule has 1 unspecified atom stereocenters. The third kappa shape index (κ3) is 3.98. The Labute approximate surface area is 95.7 Å². The third-order valence-corrected chi connectivity index (χ3v) is 4.00. The van der Waals surface area contributed by atoms with Crippen molar-refractivity contribution in [1.82, 2.24) is 0 Å². The van der Waals surface area contributed by atoms with Gasteiger partial charge in [0.15, 0.2) is 0 Å². The van der Waals surface area contributed by atoms with E-state index in [0.29, 0.717) is 11.5 Å². The molecule has 0 radical (unpaired) electrons. The van der Waals surface area contributed by atoms with E-state index in [0.717, 1.165) is 12.8 Å². The Morgan fingerprint density at radius 2 is 1.86 bits per heavy atom. The molecule has 0 saturated carbocycles. The molecule has 0 bridgehead atoms. The third-order valence-electron chi connectivity index (χ3n) is 1.97. The van der Waals surface area contributed by atoms with Crippen LogP contribution in [0.15, 0.2) is 30.3 Å². The Morgan fingerprint density at radius 3 is 2.36 bits per heavy atom. The molecule has 0 aliphatic carbocycles. The zero-order chi connectivity index (χ0) is 9.73. The average molecular weight is 254 g/mol. The van der Waals surface area contributed by atoms with Crippen LogP contribution in [0, 0.1) is 0 Å². The second-order valence-corrected chi connectivity index (χ2v) is 5.48. The molecule has 1 aromatic rings. The number of hydrogen-bond donors (Lipinski definition) is 1. The average Bonchev–Trinajstić information content (AvgIpc) is 2.16. The van der Waals surface area contributed by atoms with E-state index in [4.69, 9.17) is 0 Å². The molecule has 1 atom stereocenters. The molecule has 0 saturated heterocycles.